The lowest BCUT2D eigenvalue weighted by Crippen LogP contribution is -2.28. The Balaban J connectivity index is 0.000000294. The van der Waals surface area contributed by atoms with E-state index in [9.17, 15) is 45.6 Å². The number of carboxylic acid groups (broad SMARTS) is 1. The van der Waals surface area contributed by atoms with Gasteiger partial charge in [0.15, 0.2) is 0 Å². The van der Waals surface area contributed by atoms with Crippen molar-refractivity contribution in [2.45, 2.75) is 302 Å². The number of aliphatic carboxylic acids is 1. The maximum absolute atomic E-state index is 10.8. The molecule has 0 radical (unpaired) electrons. The predicted octanol–water partition coefficient (Wildman–Crippen LogP) is 13.7. The number of carbonyl (C=O) groups excluding carboxylic acids is 6. The average Bonchev–Trinajstić information content (AvgIpc) is 1.58. The first-order chi connectivity index (χ1) is 52.0. The lowest BCUT2D eigenvalue weighted by atomic mass is 9.73. The molecule has 19 nitrogen and oxygen atoms in total. The zero-order chi connectivity index (χ0) is 79.7. The van der Waals surface area contributed by atoms with Crippen molar-refractivity contribution in [3.8, 4) is 35.2 Å². The number of carbonyl (C=O) groups is 1. The summed E-state index contributed by atoms with van der Waals surface area (Å²) in [6, 6.07) is 12.4. The van der Waals surface area contributed by atoms with E-state index < -0.39 is 24.3 Å². The third-order valence-corrected chi connectivity index (χ3v) is 23.1. The van der Waals surface area contributed by atoms with Crippen molar-refractivity contribution < 1.29 is 93.7 Å². The number of rotatable bonds is 30. The van der Waals surface area contributed by atoms with Crippen LogP contribution in [0.15, 0.2) is 96.3 Å². The molecule has 598 valence electrons. The van der Waals surface area contributed by atoms with Crippen LogP contribution in [0.2, 0.25) is 0 Å². The van der Waals surface area contributed by atoms with Gasteiger partial charge in [0.25, 0.3) is 0 Å². The molecule has 2 aliphatic heterocycles. The highest BCUT2D eigenvalue weighted by molar-refractivity contribution is 5.66. The van der Waals surface area contributed by atoms with Gasteiger partial charge in [-0.25, -0.2) is 0 Å². The van der Waals surface area contributed by atoms with Crippen LogP contribution in [0, 0.1) is 88.8 Å². The van der Waals surface area contributed by atoms with E-state index >= 15 is 0 Å². The molecule has 5 saturated carbocycles. The fourth-order valence-electron chi connectivity index (χ4n) is 17.3. The number of hydrogen-bond acceptors (Lipinski definition) is 18. The first-order valence-electron chi connectivity index (χ1n) is 40.0. The Kier molecular flexibility index (Phi) is 44.4. The standard InChI is InChI=1S/C24H30O5.C22H34O3.C21H32O2.C19H32O3.3CO2/c1-3-4-7-15(2)19(25)13-12-17-20(26)14-21-23(17)18-10-5-8-16(24(18)29-21)9-6-11-22(27)28;1-3-4-5-8-17(23)10-11-18-19-12-15-7-6-9-22(25-2)20(15)13-16(19)14-21(18)24;1-4-6-8-15(3)20(22)11-10-18-19-13-16(9-7-5-2)12-17(19)14-21(18)23;1-3-5-7-8-14(20)10-11-16-17-12-15(9-6-4-2)22-19(17)13-18(16)21;3*2-1-3/h5,8,10,12-13,15,17,19-21,23,25-26H,6-7,9,11,14H2,1-2H3,(H,27,28);6-7,9,16-19,21,23-24H,3-5,8,10-14H2,1-2H3;9-11,15,17-23H,5,7-8,12-14H2,1-3H3;9-11,14,16-21H,3-8,12-13H2,1-2H3;;;/b13-12+;;11-10+,16-9+;11-10+,15-9-;;;/t15?,17-,19+,20+,21-,23-;16-,17-,18+,19-,21+;15?,17-,18+,19-,20+,21+;14-,16+,17+,18+,19-;;;/m0000.../s1. The molecule has 2 heterocycles. The van der Waals surface area contributed by atoms with E-state index in [1.165, 1.54) is 49.7 Å². The quantitative estimate of drug-likeness (QED) is 0.0199. The first-order valence-corrected chi connectivity index (χ1v) is 40.0. The van der Waals surface area contributed by atoms with E-state index in [1.807, 2.05) is 63.3 Å². The average molecular weight is 1500 g/mol. The maximum atomic E-state index is 10.8. The molecule has 0 aromatic heterocycles. The molecule has 0 bridgehead atoms. The van der Waals surface area contributed by atoms with Crippen molar-refractivity contribution >= 4 is 24.4 Å². The number of fused-ring (bicyclic) bond motifs is 7. The summed E-state index contributed by atoms with van der Waals surface area (Å²) in [5.41, 5.74) is 6.43. The summed E-state index contributed by atoms with van der Waals surface area (Å²) < 4.78 is 17.7. The topological polar surface area (TPSA) is 329 Å². The van der Waals surface area contributed by atoms with Crippen LogP contribution in [0.5, 0.6) is 11.5 Å². The zero-order valence-electron chi connectivity index (χ0n) is 65.7. The van der Waals surface area contributed by atoms with Gasteiger partial charge in [0, 0.05) is 73.7 Å². The number of hydrogen-bond donors (Lipinski definition) is 9. The Morgan fingerprint density at radius 1 is 0.583 bits per heavy atom. The smallest absolute Gasteiger partial charge is 0.373 e. The minimum absolute atomic E-state index is 0.0287. The van der Waals surface area contributed by atoms with Crippen LogP contribution in [-0.2, 0) is 57.6 Å². The minimum atomic E-state index is -0.790. The number of benzene rings is 2. The summed E-state index contributed by atoms with van der Waals surface area (Å²) in [5.74, 6) is 17.3. The fraction of sp³-hybridized carbons (Fsp3) is 0.663. The molecule has 108 heavy (non-hydrogen) atoms. The number of aryl methyl sites for hydroxylation is 1. The van der Waals surface area contributed by atoms with E-state index in [-0.39, 0.29) is 103 Å². The molecule has 1 saturated heterocycles. The number of ether oxygens (including phenoxy) is 3. The second kappa shape index (κ2) is 51.4. The molecule has 6 fully saturated rings. The number of para-hydroxylation sites is 1. The fourth-order valence-corrected chi connectivity index (χ4v) is 17.3. The van der Waals surface area contributed by atoms with E-state index in [2.05, 4.69) is 87.8 Å². The molecule has 0 amide bonds. The van der Waals surface area contributed by atoms with E-state index in [1.54, 1.807) is 25.7 Å². The predicted molar refractivity (Wildman–Crippen MR) is 412 cm³/mol. The normalized spacial score (nSPS) is 28.5. The third-order valence-electron chi connectivity index (χ3n) is 23.1. The molecular formula is C89H128O19. The number of carboxylic acids is 1. The Labute approximate surface area is 643 Å². The van der Waals surface area contributed by atoms with Gasteiger partial charge in [0.2, 0.25) is 0 Å². The van der Waals surface area contributed by atoms with Gasteiger partial charge in [0.1, 0.15) is 23.7 Å². The van der Waals surface area contributed by atoms with Gasteiger partial charge in [0.05, 0.1) is 61.7 Å². The number of aliphatic hydroxyl groups is 8. The van der Waals surface area contributed by atoms with Gasteiger partial charge in [-0.3, -0.25) is 4.79 Å². The van der Waals surface area contributed by atoms with Crippen molar-refractivity contribution in [2.75, 3.05) is 7.11 Å². The van der Waals surface area contributed by atoms with Crippen molar-refractivity contribution in [1.29, 1.82) is 0 Å². The molecule has 8 aliphatic rings. The highest BCUT2D eigenvalue weighted by Crippen LogP contribution is 2.54. The van der Waals surface area contributed by atoms with Crippen molar-refractivity contribution in [1.82, 2.24) is 0 Å². The molecule has 2 aromatic carbocycles. The monoisotopic (exact) mass is 1500 g/mol. The van der Waals surface area contributed by atoms with Gasteiger partial charge in [-0.1, -0.05) is 171 Å². The summed E-state index contributed by atoms with van der Waals surface area (Å²) in [7, 11) is 1.74. The maximum Gasteiger partial charge on any atom is 0.373 e. The summed E-state index contributed by atoms with van der Waals surface area (Å²) in [5, 5.41) is 91.6. The van der Waals surface area contributed by atoms with Gasteiger partial charge in [-0.05, 0) is 174 Å². The molecule has 0 spiro atoms. The van der Waals surface area contributed by atoms with Crippen molar-refractivity contribution in [3.05, 3.63) is 119 Å². The summed E-state index contributed by atoms with van der Waals surface area (Å²) in [6.45, 7) is 16.3. The SMILES string of the molecule is CC#CCC(C)[C@H](O)/C=C/[C@@H]1[C@H]2C/C(=C/CCC)C[C@H]2C[C@H]1O.CC#CCC(C)[C@H](O)/C=C/[C@@H]1[C@H]2c3cccc(CCCC(=O)O)c3O[C@H]2C[C@H]1O.CCC/C=C1/C[C@@H]2[C@@H](/C=C/[C@@H](O)CCCCC)[C@H](O)C[C@@H]2O1.CCCCC[C@H](O)CC[C@@H]1[C@H]2Cc3cccc(OC)c3C[C@H]2C[C@H]1O.O=C=O.O=C=O.O=C=O. The van der Waals surface area contributed by atoms with Crippen LogP contribution in [0.25, 0.3) is 0 Å². The molecule has 2 unspecified atom stereocenters. The Morgan fingerprint density at radius 3 is 1.75 bits per heavy atom. The highest BCUT2D eigenvalue weighted by atomic mass is 16.5. The molecular weight excluding hydrogens is 1370 g/mol. The first kappa shape index (κ1) is 93.3. The summed E-state index contributed by atoms with van der Waals surface area (Å²) in [4.78, 5) is 59.6. The second-order valence-corrected chi connectivity index (χ2v) is 30.7. The lowest BCUT2D eigenvalue weighted by Gasteiger charge is -2.32. The van der Waals surface area contributed by atoms with Crippen LogP contribution in [0.1, 0.15) is 244 Å². The molecule has 19 heteroatoms. The molecule has 9 N–H and O–H groups in total. The van der Waals surface area contributed by atoms with E-state index in [0.717, 1.165) is 131 Å². The number of methoxy groups -OCH3 is 1. The Morgan fingerprint density at radius 2 is 1.14 bits per heavy atom. The highest BCUT2D eigenvalue weighted by Gasteiger charge is 2.51. The van der Waals surface area contributed by atoms with Crippen LogP contribution < -0.4 is 9.47 Å². The number of unbranched alkanes of at least 4 members (excludes halogenated alkanes) is 6. The molecule has 10 rings (SSSR count). The molecule has 22 atom stereocenters. The minimum Gasteiger partial charge on any atom is -0.496 e. The van der Waals surface area contributed by atoms with Gasteiger partial charge < -0.3 is 60.2 Å². The van der Waals surface area contributed by atoms with E-state index in [4.69, 9.17) is 48.1 Å². The summed E-state index contributed by atoms with van der Waals surface area (Å²) >= 11 is 0. The number of allylic oxidation sites excluding steroid dienone is 4. The van der Waals surface area contributed by atoms with Crippen LogP contribution in [0.4, 0.5) is 0 Å². The summed E-state index contributed by atoms with van der Waals surface area (Å²) in [6.07, 6.45) is 40.2. The van der Waals surface area contributed by atoms with Gasteiger partial charge >= 0.3 is 24.4 Å². The van der Waals surface area contributed by atoms with Crippen molar-refractivity contribution in [3.63, 3.8) is 0 Å². The number of aliphatic hydroxyl groups excluding tert-OH is 8. The van der Waals surface area contributed by atoms with Gasteiger partial charge in [-0.2, -0.15) is 28.8 Å². The molecule has 6 aliphatic carbocycles. The van der Waals surface area contributed by atoms with Crippen LogP contribution in [0.3, 0.4) is 0 Å². The third kappa shape index (κ3) is 29.6. The van der Waals surface area contributed by atoms with E-state index in [0.29, 0.717) is 67.6 Å². The lowest BCUT2D eigenvalue weighted by molar-refractivity contribution is -0.193. The molecule has 2 aromatic rings. The zero-order valence-corrected chi connectivity index (χ0v) is 65.7. The second-order valence-electron chi connectivity index (χ2n) is 30.7. The van der Waals surface area contributed by atoms with Crippen LogP contribution in [-0.4, -0.2) is 139 Å². The Hall–Kier alpha value is -7.05. The largest absolute Gasteiger partial charge is 0.496 e. The van der Waals surface area contributed by atoms with Crippen LogP contribution >= 0.6 is 0 Å². The van der Waals surface area contributed by atoms with Gasteiger partial charge in [-0.15, -0.1) is 23.7 Å². The Bertz CT molecular complexity index is 3340. The van der Waals surface area contributed by atoms with Crippen molar-refractivity contribution in [2.24, 2.45) is 65.1 Å².